The number of pyridine rings is 1. The Balaban J connectivity index is 1.67. The van der Waals surface area contributed by atoms with E-state index >= 15 is 0 Å². The zero-order valence-electron chi connectivity index (χ0n) is 13.6. The van der Waals surface area contributed by atoms with Crippen LogP contribution in [-0.4, -0.2) is 33.9 Å². The first-order valence-electron chi connectivity index (χ1n) is 8.15. The third kappa shape index (κ3) is 2.01. The Hall–Kier alpha value is -2.57. The monoisotopic (exact) mass is 349 g/mol. The highest BCUT2D eigenvalue weighted by Gasteiger charge is 2.52. The molecular formula is C19H15N3O2S. The minimum atomic E-state index is -1.54. The average molecular weight is 349 g/mol. The van der Waals surface area contributed by atoms with Crippen molar-refractivity contribution < 1.29 is 9.90 Å². The van der Waals surface area contributed by atoms with Gasteiger partial charge in [0, 0.05) is 24.7 Å². The number of aliphatic imine (C=N–C) groups is 1. The van der Waals surface area contributed by atoms with E-state index in [1.165, 1.54) is 0 Å². The molecule has 6 heteroatoms. The Kier molecular flexibility index (Phi) is 2.93. The van der Waals surface area contributed by atoms with Crippen LogP contribution in [0.5, 0.6) is 0 Å². The lowest BCUT2D eigenvalue weighted by Crippen LogP contribution is -2.48. The molecule has 0 saturated carbocycles. The number of aryl methyl sites for hydroxylation is 1. The van der Waals surface area contributed by atoms with Crippen molar-refractivity contribution in [1.82, 2.24) is 4.98 Å². The molecule has 1 aromatic carbocycles. The number of carbonyl (C=O) groups is 1. The van der Waals surface area contributed by atoms with E-state index in [1.807, 2.05) is 48.2 Å². The van der Waals surface area contributed by atoms with E-state index in [0.717, 1.165) is 20.8 Å². The van der Waals surface area contributed by atoms with Crippen molar-refractivity contribution in [2.24, 2.45) is 4.99 Å². The summed E-state index contributed by atoms with van der Waals surface area (Å²) in [6.45, 7) is 2.49. The second-order valence-corrected chi connectivity index (χ2v) is 7.58. The fourth-order valence-corrected chi connectivity index (χ4v) is 4.60. The molecule has 3 aromatic rings. The third-order valence-electron chi connectivity index (χ3n) is 4.86. The first-order valence-corrected chi connectivity index (χ1v) is 8.97. The van der Waals surface area contributed by atoms with Gasteiger partial charge in [0.25, 0.3) is 0 Å². The first-order chi connectivity index (χ1) is 12.1. The third-order valence-corrected chi connectivity index (χ3v) is 5.97. The van der Waals surface area contributed by atoms with Crippen LogP contribution in [-0.2, 0) is 0 Å². The number of aliphatic hydroxyl groups is 1. The number of Topliss-reactive ketones (excluding diaryl/α,β-unsaturated/α-hetero) is 1. The van der Waals surface area contributed by atoms with Gasteiger partial charge in [0.15, 0.2) is 11.4 Å². The van der Waals surface area contributed by atoms with Gasteiger partial charge >= 0.3 is 0 Å². The molecule has 2 aromatic heterocycles. The van der Waals surface area contributed by atoms with Crippen molar-refractivity contribution in [3.63, 3.8) is 0 Å². The molecule has 5 nitrogen and oxygen atoms in total. The lowest BCUT2D eigenvalue weighted by molar-refractivity contribution is 0.0602. The van der Waals surface area contributed by atoms with Crippen LogP contribution in [0.1, 0.15) is 22.3 Å². The van der Waals surface area contributed by atoms with Crippen LogP contribution in [0.3, 0.4) is 0 Å². The minimum Gasteiger partial charge on any atom is -0.374 e. The summed E-state index contributed by atoms with van der Waals surface area (Å²) in [6.07, 6.45) is 2.11. The molecule has 5 rings (SSSR count). The number of ketones is 1. The van der Waals surface area contributed by atoms with Gasteiger partial charge < -0.3 is 10.0 Å². The molecule has 4 heterocycles. The summed E-state index contributed by atoms with van der Waals surface area (Å²) in [5.74, 6) is 0.179. The molecule has 0 amide bonds. The fraction of sp³-hybridized carbons (Fsp3) is 0.211. The maximum atomic E-state index is 13.0. The van der Waals surface area contributed by atoms with Gasteiger partial charge in [0.1, 0.15) is 0 Å². The van der Waals surface area contributed by atoms with Crippen molar-refractivity contribution >= 4 is 43.9 Å². The molecule has 2 aliphatic rings. The smallest absolute Gasteiger partial charge is 0.204 e. The average Bonchev–Trinajstić information content (AvgIpc) is 3.17. The number of nitrogens with zero attached hydrogens (tertiary/aromatic N) is 3. The number of hydrogen-bond donors (Lipinski definition) is 1. The first kappa shape index (κ1) is 14.7. The summed E-state index contributed by atoms with van der Waals surface area (Å²) in [6, 6.07) is 11.5. The Morgan fingerprint density at radius 2 is 2.16 bits per heavy atom. The molecule has 2 aliphatic heterocycles. The van der Waals surface area contributed by atoms with Gasteiger partial charge in [-0.2, -0.15) is 0 Å². The molecule has 25 heavy (non-hydrogen) atoms. The molecule has 1 saturated heterocycles. The zero-order chi connectivity index (χ0) is 17.2. The molecule has 0 aliphatic carbocycles. The van der Waals surface area contributed by atoms with Gasteiger partial charge in [-0.3, -0.25) is 9.78 Å². The van der Waals surface area contributed by atoms with Crippen molar-refractivity contribution in [3.8, 4) is 0 Å². The highest BCUT2D eigenvalue weighted by atomic mass is 32.1. The summed E-state index contributed by atoms with van der Waals surface area (Å²) < 4.78 is 1.08. The zero-order valence-corrected chi connectivity index (χ0v) is 14.4. The molecule has 0 spiro atoms. The number of thiophene rings is 1. The van der Waals surface area contributed by atoms with Gasteiger partial charge in [-0.15, -0.1) is 11.3 Å². The van der Waals surface area contributed by atoms with E-state index in [4.69, 9.17) is 0 Å². The van der Waals surface area contributed by atoms with Crippen LogP contribution in [0.25, 0.3) is 10.2 Å². The quantitative estimate of drug-likeness (QED) is 0.730. The largest absolute Gasteiger partial charge is 0.374 e. The molecule has 1 N–H and O–H groups in total. The molecule has 1 unspecified atom stereocenters. The molecule has 0 bridgehead atoms. The summed E-state index contributed by atoms with van der Waals surface area (Å²) in [5, 5.41) is 12.0. The normalized spacial score (nSPS) is 22.1. The number of benzene rings is 1. The maximum Gasteiger partial charge on any atom is 0.204 e. The minimum absolute atomic E-state index is 0.252. The SMILES string of the molecule is Cc1ccc2c(c1)C(=O)C1(O)CCN(c3cc4ncccc4s3)C1=N2. The van der Waals surface area contributed by atoms with Gasteiger partial charge in [-0.25, -0.2) is 4.99 Å². The molecule has 1 fully saturated rings. The van der Waals surface area contributed by atoms with Crippen LogP contribution < -0.4 is 4.90 Å². The predicted molar refractivity (Wildman–Crippen MR) is 99.1 cm³/mol. The highest BCUT2D eigenvalue weighted by Crippen LogP contribution is 2.42. The molecular weight excluding hydrogens is 334 g/mol. The summed E-state index contributed by atoms with van der Waals surface area (Å²) in [7, 11) is 0. The topological polar surface area (TPSA) is 65.8 Å². The van der Waals surface area contributed by atoms with E-state index < -0.39 is 5.60 Å². The highest BCUT2D eigenvalue weighted by molar-refractivity contribution is 7.23. The van der Waals surface area contributed by atoms with E-state index in [1.54, 1.807) is 17.5 Å². The van der Waals surface area contributed by atoms with Crippen molar-refractivity contribution in [1.29, 1.82) is 0 Å². The number of carbonyl (C=O) groups excluding carboxylic acids is 1. The lowest BCUT2D eigenvalue weighted by atomic mass is 9.87. The van der Waals surface area contributed by atoms with Crippen molar-refractivity contribution in [3.05, 3.63) is 53.7 Å². The summed E-state index contributed by atoms with van der Waals surface area (Å²) >= 11 is 1.59. The Labute approximate surface area is 148 Å². The second-order valence-electron chi connectivity index (χ2n) is 6.52. The maximum absolute atomic E-state index is 13.0. The number of anilines is 1. The second kappa shape index (κ2) is 4.97. The Bertz CT molecular complexity index is 1040. The van der Waals surface area contributed by atoms with Crippen LogP contribution in [0.2, 0.25) is 0 Å². The lowest BCUT2D eigenvalue weighted by Gasteiger charge is -2.29. The van der Waals surface area contributed by atoms with E-state index in [9.17, 15) is 9.90 Å². The van der Waals surface area contributed by atoms with Crippen molar-refractivity contribution in [2.45, 2.75) is 18.9 Å². The fourth-order valence-electron chi connectivity index (χ4n) is 3.55. The number of aromatic nitrogens is 1. The molecule has 124 valence electrons. The number of amidine groups is 1. The Morgan fingerprint density at radius 1 is 1.28 bits per heavy atom. The predicted octanol–water partition coefficient (Wildman–Crippen LogP) is 3.47. The van der Waals surface area contributed by atoms with Crippen molar-refractivity contribution in [2.75, 3.05) is 11.4 Å². The van der Waals surface area contributed by atoms with Gasteiger partial charge in [0.05, 0.1) is 20.9 Å². The van der Waals surface area contributed by atoms with E-state index in [-0.39, 0.29) is 5.78 Å². The Morgan fingerprint density at radius 3 is 3.00 bits per heavy atom. The number of fused-ring (bicyclic) bond motifs is 3. The number of hydrogen-bond acceptors (Lipinski definition) is 6. The van der Waals surface area contributed by atoms with Gasteiger partial charge in [-0.1, -0.05) is 11.6 Å². The van der Waals surface area contributed by atoms with E-state index in [0.29, 0.717) is 30.1 Å². The number of rotatable bonds is 1. The summed E-state index contributed by atoms with van der Waals surface area (Å²) in [5.41, 5.74) is 1.49. The van der Waals surface area contributed by atoms with Crippen LogP contribution in [0, 0.1) is 6.92 Å². The summed E-state index contributed by atoms with van der Waals surface area (Å²) in [4.78, 5) is 23.9. The molecule has 0 radical (unpaired) electrons. The van der Waals surface area contributed by atoms with Gasteiger partial charge in [0.2, 0.25) is 5.78 Å². The standard InChI is InChI=1S/C19H15N3O2S/c1-11-4-5-13-12(9-11)17(23)19(24)6-8-22(18(19)21-13)16-10-14-15(25-16)3-2-7-20-14/h2-5,7,9-10,24H,6,8H2,1H3. The van der Waals surface area contributed by atoms with Crippen LogP contribution in [0.15, 0.2) is 47.6 Å². The van der Waals surface area contributed by atoms with Crippen LogP contribution in [0.4, 0.5) is 10.7 Å². The molecule has 1 atom stereocenters. The van der Waals surface area contributed by atoms with Gasteiger partial charge in [-0.05, 0) is 37.3 Å². The van der Waals surface area contributed by atoms with Crippen LogP contribution >= 0.6 is 11.3 Å². The van der Waals surface area contributed by atoms with E-state index in [2.05, 4.69) is 9.98 Å².